The van der Waals surface area contributed by atoms with Gasteiger partial charge in [-0.3, -0.25) is 38.6 Å². The van der Waals surface area contributed by atoms with E-state index in [1.807, 2.05) is 55.4 Å². The van der Waals surface area contributed by atoms with E-state index in [2.05, 4.69) is 0 Å². The van der Waals surface area contributed by atoms with Crippen LogP contribution in [0.3, 0.4) is 0 Å². The zero-order chi connectivity index (χ0) is 31.7. The van der Waals surface area contributed by atoms with Gasteiger partial charge in [-0.25, -0.2) is 0 Å². The monoisotopic (exact) mass is 588 g/mol. The number of Topliss-reactive ketones (excluding diaryl/α,β-unsaturated/α-hetero) is 2. The van der Waals surface area contributed by atoms with Crippen LogP contribution in [0.4, 0.5) is 0 Å². The van der Waals surface area contributed by atoms with Gasteiger partial charge in [0.25, 0.3) is 0 Å². The minimum atomic E-state index is -0.134. The molecule has 3 rings (SSSR count). The standard InChI is InChI=1S/C18H29NO3.C16H27NO3/c1-11(2)15-9-16(20)19(18(15)22)10-13-5-7-14(8-6-13)17(21)12(3)4;1-11(2)13-10-15(19)17(16(13)20)9-7-5-6-8-14(18)12(3)4/h11-15H,5-10H2,1-4H3;11-13H,5-10H2,1-4H3. The first-order valence-corrected chi connectivity index (χ1v) is 16.4. The summed E-state index contributed by atoms with van der Waals surface area (Å²) in [5.74, 6) is 1.56. The molecule has 8 heteroatoms. The van der Waals surface area contributed by atoms with Crippen LogP contribution in [0, 0.1) is 47.3 Å². The van der Waals surface area contributed by atoms with E-state index in [-0.39, 0.29) is 70.8 Å². The summed E-state index contributed by atoms with van der Waals surface area (Å²) in [5, 5.41) is 0. The Morgan fingerprint density at radius 1 is 0.667 bits per heavy atom. The Kier molecular flexibility index (Phi) is 14.0. The van der Waals surface area contributed by atoms with Crippen LogP contribution < -0.4 is 0 Å². The Balaban J connectivity index is 0.000000295. The van der Waals surface area contributed by atoms with Gasteiger partial charge >= 0.3 is 0 Å². The van der Waals surface area contributed by atoms with Crippen LogP contribution in [0.25, 0.3) is 0 Å². The summed E-state index contributed by atoms with van der Waals surface area (Å²) in [7, 11) is 0. The molecule has 3 aliphatic rings. The van der Waals surface area contributed by atoms with E-state index in [4.69, 9.17) is 0 Å². The molecule has 42 heavy (non-hydrogen) atoms. The maximum absolute atomic E-state index is 12.3. The largest absolute Gasteiger partial charge is 0.299 e. The van der Waals surface area contributed by atoms with Crippen LogP contribution in [0.15, 0.2) is 0 Å². The van der Waals surface area contributed by atoms with Gasteiger partial charge in [0.2, 0.25) is 23.6 Å². The molecule has 2 heterocycles. The predicted molar refractivity (Wildman–Crippen MR) is 163 cm³/mol. The highest BCUT2D eigenvalue weighted by atomic mass is 16.2. The van der Waals surface area contributed by atoms with Gasteiger partial charge in [-0.1, -0.05) is 61.8 Å². The molecule has 0 radical (unpaired) electrons. The molecule has 0 spiro atoms. The third-order valence-electron chi connectivity index (χ3n) is 9.37. The number of carbonyl (C=O) groups is 6. The molecule has 0 aromatic rings. The number of hydrogen-bond acceptors (Lipinski definition) is 6. The predicted octanol–water partition coefficient (Wildman–Crippen LogP) is 5.85. The molecule has 0 aromatic heterocycles. The number of rotatable bonds is 13. The fourth-order valence-corrected chi connectivity index (χ4v) is 6.28. The zero-order valence-electron chi connectivity index (χ0n) is 27.4. The molecule has 2 aliphatic heterocycles. The maximum atomic E-state index is 12.3. The molecule has 3 fully saturated rings. The number of ketones is 2. The zero-order valence-corrected chi connectivity index (χ0v) is 27.4. The summed E-state index contributed by atoms with van der Waals surface area (Å²) >= 11 is 0. The minimum Gasteiger partial charge on any atom is -0.299 e. The summed E-state index contributed by atoms with van der Waals surface area (Å²) in [6.07, 6.45) is 7.60. The van der Waals surface area contributed by atoms with Gasteiger partial charge in [0.15, 0.2) is 0 Å². The smallest absolute Gasteiger partial charge is 0.233 e. The van der Waals surface area contributed by atoms with Crippen LogP contribution in [0.2, 0.25) is 0 Å². The van der Waals surface area contributed by atoms with Crippen molar-refractivity contribution in [3.05, 3.63) is 0 Å². The third-order valence-corrected chi connectivity index (χ3v) is 9.37. The number of carbonyl (C=O) groups excluding carboxylic acids is 6. The molecule has 8 nitrogen and oxygen atoms in total. The second-order valence-corrected chi connectivity index (χ2v) is 14.0. The van der Waals surface area contributed by atoms with E-state index in [9.17, 15) is 28.8 Å². The Hall–Kier alpha value is -2.38. The lowest BCUT2D eigenvalue weighted by Crippen LogP contribution is -2.37. The Morgan fingerprint density at radius 2 is 1.17 bits per heavy atom. The summed E-state index contributed by atoms with van der Waals surface area (Å²) in [6, 6.07) is 0. The summed E-state index contributed by atoms with van der Waals surface area (Å²) in [6.45, 7) is 16.8. The first-order chi connectivity index (χ1) is 19.6. The fourth-order valence-electron chi connectivity index (χ4n) is 6.28. The Bertz CT molecular complexity index is 977. The molecular weight excluding hydrogens is 532 g/mol. The maximum Gasteiger partial charge on any atom is 0.233 e. The number of likely N-dealkylation sites (tertiary alicyclic amines) is 2. The first kappa shape index (κ1) is 35.8. The van der Waals surface area contributed by atoms with E-state index in [1.54, 1.807) is 0 Å². The summed E-state index contributed by atoms with van der Waals surface area (Å²) in [5.41, 5.74) is 0. The lowest BCUT2D eigenvalue weighted by molar-refractivity contribution is -0.142. The van der Waals surface area contributed by atoms with Crippen LogP contribution >= 0.6 is 0 Å². The minimum absolute atomic E-state index is 0.0101. The van der Waals surface area contributed by atoms with Crippen molar-refractivity contribution in [3.8, 4) is 0 Å². The highest BCUT2D eigenvalue weighted by molar-refractivity contribution is 6.04. The van der Waals surface area contributed by atoms with Crippen molar-refractivity contribution in [2.24, 2.45) is 47.3 Å². The topological polar surface area (TPSA) is 109 Å². The SMILES string of the molecule is CC(C)C(=O)C1CCC(CN2C(=O)CC(C(C)C)C2=O)CC1.CC(C)C(=O)CCCCCN1C(=O)CC(C(C)C)C1=O. The van der Waals surface area contributed by atoms with E-state index in [1.165, 1.54) is 9.80 Å². The van der Waals surface area contributed by atoms with Crippen LogP contribution in [0.1, 0.15) is 120 Å². The average molecular weight is 589 g/mol. The van der Waals surface area contributed by atoms with Gasteiger partial charge in [0, 0.05) is 61.9 Å². The normalized spacial score (nSPS) is 24.9. The van der Waals surface area contributed by atoms with Crippen molar-refractivity contribution in [1.82, 2.24) is 9.80 Å². The lowest BCUT2D eigenvalue weighted by Gasteiger charge is -2.30. The second kappa shape index (κ2) is 16.5. The van der Waals surface area contributed by atoms with Crippen molar-refractivity contribution in [2.75, 3.05) is 13.1 Å². The number of amides is 4. The molecule has 2 unspecified atom stereocenters. The Morgan fingerprint density at radius 3 is 1.62 bits per heavy atom. The highest BCUT2D eigenvalue weighted by Crippen LogP contribution is 2.34. The third kappa shape index (κ3) is 9.84. The van der Waals surface area contributed by atoms with Crippen molar-refractivity contribution in [3.63, 3.8) is 0 Å². The van der Waals surface area contributed by atoms with Crippen LogP contribution in [0.5, 0.6) is 0 Å². The van der Waals surface area contributed by atoms with E-state index >= 15 is 0 Å². The van der Waals surface area contributed by atoms with Crippen LogP contribution in [-0.4, -0.2) is 58.1 Å². The fraction of sp³-hybridized carbons (Fsp3) is 0.824. The number of nitrogens with zero attached hydrogens (tertiary/aromatic N) is 2. The number of hydrogen-bond donors (Lipinski definition) is 0. The van der Waals surface area contributed by atoms with E-state index in [0.29, 0.717) is 44.1 Å². The van der Waals surface area contributed by atoms with Crippen molar-refractivity contribution in [2.45, 2.75) is 120 Å². The molecule has 1 saturated carbocycles. The number of imide groups is 2. The van der Waals surface area contributed by atoms with Gasteiger partial charge in [-0.2, -0.15) is 0 Å². The van der Waals surface area contributed by atoms with Gasteiger partial charge in [0.05, 0.1) is 0 Å². The highest BCUT2D eigenvalue weighted by Gasteiger charge is 2.42. The molecule has 0 bridgehead atoms. The van der Waals surface area contributed by atoms with Gasteiger partial charge < -0.3 is 0 Å². The van der Waals surface area contributed by atoms with Gasteiger partial charge in [-0.15, -0.1) is 0 Å². The van der Waals surface area contributed by atoms with Gasteiger partial charge in [-0.05, 0) is 56.3 Å². The first-order valence-electron chi connectivity index (χ1n) is 16.4. The molecule has 238 valence electrons. The quantitative estimate of drug-likeness (QED) is 0.197. The van der Waals surface area contributed by atoms with Crippen molar-refractivity contribution >= 4 is 35.2 Å². The molecule has 0 N–H and O–H groups in total. The Labute approximate surface area is 253 Å². The number of unbranched alkanes of at least 4 members (excludes halogenated alkanes) is 2. The average Bonchev–Trinajstić information content (AvgIpc) is 3.38. The lowest BCUT2D eigenvalue weighted by atomic mass is 9.77. The molecule has 2 atom stereocenters. The molecular formula is C34H56N2O6. The summed E-state index contributed by atoms with van der Waals surface area (Å²) < 4.78 is 0. The van der Waals surface area contributed by atoms with E-state index in [0.717, 1.165) is 44.9 Å². The molecule has 2 saturated heterocycles. The molecule has 1 aliphatic carbocycles. The van der Waals surface area contributed by atoms with E-state index < -0.39 is 0 Å². The molecule has 4 amide bonds. The van der Waals surface area contributed by atoms with Crippen molar-refractivity contribution < 1.29 is 28.8 Å². The molecule has 0 aromatic carbocycles. The summed E-state index contributed by atoms with van der Waals surface area (Å²) in [4.78, 5) is 74.7. The van der Waals surface area contributed by atoms with Gasteiger partial charge in [0.1, 0.15) is 11.6 Å². The van der Waals surface area contributed by atoms with Crippen molar-refractivity contribution in [1.29, 1.82) is 0 Å². The second-order valence-electron chi connectivity index (χ2n) is 14.0. The van der Waals surface area contributed by atoms with Crippen LogP contribution in [-0.2, 0) is 28.8 Å².